The molecule has 0 radical (unpaired) electrons. The van der Waals surface area contributed by atoms with Crippen LogP contribution in [0.3, 0.4) is 0 Å². The number of morpholine rings is 1. The Morgan fingerprint density at radius 1 is 1.05 bits per heavy atom. The molecule has 1 saturated heterocycles. The summed E-state index contributed by atoms with van der Waals surface area (Å²) >= 11 is 0. The molecule has 206 valence electrons. The summed E-state index contributed by atoms with van der Waals surface area (Å²) in [4.78, 5) is 14.9. The summed E-state index contributed by atoms with van der Waals surface area (Å²) in [5.41, 5.74) is -2.42. The summed E-state index contributed by atoms with van der Waals surface area (Å²) in [5, 5.41) is 0. The molecule has 0 N–H and O–H groups in total. The van der Waals surface area contributed by atoms with Gasteiger partial charge in [-0.1, -0.05) is 18.1 Å². The zero-order valence-corrected chi connectivity index (χ0v) is 20.5. The molecule has 0 saturated carbocycles. The van der Waals surface area contributed by atoms with Crippen LogP contribution in [0.4, 0.5) is 30.7 Å². The van der Waals surface area contributed by atoms with E-state index in [1.807, 2.05) is 4.90 Å². The summed E-state index contributed by atoms with van der Waals surface area (Å²) in [5.74, 6) is 4.40. The van der Waals surface area contributed by atoms with E-state index in [4.69, 9.17) is 9.47 Å². The van der Waals surface area contributed by atoms with Crippen molar-refractivity contribution in [1.82, 2.24) is 9.80 Å². The minimum absolute atomic E-state index is 0.0686. The molecule has 1 heterocycles. The Kier molecular flexibility index (Phi) is 9.40. The molecule has 2 aromatic rings. The molecule has 1 amide bonds. The van der Waals surface area contributed by atoms with Gasteiger partial charge in [0.1, 0.15) is 5.82 Å². The molecule has 38 heavy (non-hydrogen) atoms. The first-order valence-corrected chi connectivity index (χ1v) is 11.5. The van der Waals surface area contributed by atoms with Crippen LogP contribution in [0.5, 0.6) is 0 Å². The normalized spacial score (nSPS) is 18.6. The van der Waals surface area contributed by atoms with Gasteiger partial charge in [-0.3, -0.25) is 9.69 Å². The van der Waals surface area contributed by atoms with Crippen LogP contribution in [-0.4, -0.2) is 62.4 Å². The van der Waals surface area contributed by atoms with Crippen molar-refractivity contribution in [1.29, 1.82) is 0 Å². The standard InChI is InChI=1S/C26H25F7N2O3/c1-34(2)22(36)4-3-10-35-11-13-38-24(23(35)18-5-7-21(27)8-6-18)37-12-9-17-14-19(25(28,29)30)16-20(15-17)26(31,32)33/h5-8,14-16,23-24H,9-13H2,1-2H3. The van der Waals surface area contributed by atoms with Crippen LogP contribution in [0.15, 0.2) is 42.5 Å². The average molecular weight is 546 g/mol. The van der Waals surface area contributed by atoms with Crippen LogP contribution >= 0.6 is 0 Å². The molecule has 2 atom stereocenters. The van der Waals surface area contributed by atoms with Gasteiger partial charge in [0.15, 0.2) is 6.29 Å². The van der Waals surface area contributed by atoms with E-state index in [1.54, 1.807) is 14.1 Å². The highest BCUT2D eigenvalue weighted by Crippen LogP contribution is 2.36. The SMILES string of the molecule is CN(C)C(=O)C#CCN1CCOC(OCCc2cc(C(F)(F)F)cc(C(F)(F)F)c2)C1c1ccc(F)cc1. The summed E-state index contributed by atoms with van der Waals surface area (Å²) in [6, 6.07) is 6.25. The third-order valence-electron chi connectivity index (χ3n) is 5.73. The fraction of sp³-hybridized carbons (Fsp3) is 0.423. The molecule has 0 bridgehead atoms. The van der Waals surface area contributed by atoms with Crippen LogP contribution in [0, 0.1) is 17.7 Å². The van der Waals surface area contributed by atoms with Crippen LogP contribution in [0.2, 0.25) is 0 Å². The Bertz CT molecular complexity index is 1140. The van der Waals surface area contributed by atoms with E-state index in [9.17, 15) is 35.5 Å². The molecule has 2 aromatic carbocycles. The Morgan fingerprint density at radius 2 is 1.66 bits per heavy atom. The van der Waals surface area contributed by atoms with Crippen molar-refractivity contribution in [3.8, 4) is 11.8 Å². The molecule has 5 nitrogen and oxygen atoms in total. The second kappa shape index (κ2) is 12.1. The zero-order chi connectivity index (χ0) is 28.1. The van der Waals surface area contributed by atoms with E-state index in [-0.39, 0.29) is 37.8 Å². The highest BCUT2D eigenvalue weighted by molar-refractivity contribution is 5.93. The number of halogens is 7. The zero-order valence-electron chi connectivity index (χ0n) is 20.5. The van der Waals surface area contributed by atoms with Crippen molar-refractivity contribution >= 4 is 5.91 Å². The van der Waals surface area contributed by atoms with Crippen molar-refractivity contribution in [2.45, 2.75) is 31.1 Å². The maximum Gasteiger partial charge on any atom is 0.416 e. The Morgan fingerprint density at radius 3 is 2.21 bits per heavy atom. The molecular formula is C26H25F7N2O3. The minimum Gasteiger partial charge on any atom is -0.350 e. The molecule has 2 unspecified atom stereocenters. The molecule has 1 fully saturated rings. The highest BCUT2D eigenvalue weighted by atomic mass is 19.4. The van der Waals surface area contributed by atoms with Gasteiger partial charge in [0.05, 0.1) is 36.9 Å². The van der Waals surface area contributed by atoms with Crippen LogP contribution in [0.25, 0.3) is 0 Å². The van der Waals surface area contributed by atoms with E-state index >= 15 is 0 Å². The van der Waals surface area contributed by atoms with E-state index in [2.05, 4.69) is 11.8 Å². The second-order valence-corrected chi connectivity index (χ2v) is 8.74. The predicted molar refractivity (Wildman–Crippen MR) is 123 cm³/mol. The van der Waals surface area contributed by atoms with Gasteiger partial charge in [-0.15, -0.1) is 0 Å². The molecule has 1 aliphatic heterocycles. The summed E-state index contributed by atoms with van der Waals surface area (Å²) in [6.07, 6.45) is -11.1. The maximum absolute atomic E-state index is 13.5. The Hall–Kier alpha value is -3.14. The monoisotopic (exact) mass is 546 g/mol. The lowest BCUT2D eigenvalue weighted by Gasteiger charge is -2.40. The Balaban J connectivity index is 1.79. The third kappa shape index (κ3) is 7.93. The fourth-order valence-electron chi connectivity index (χ4n) is 3.82. The Labute approximate surface area is 215 Å². The van der Waals surface area contributed by atoms with Crippen LogP contribution in [-0.2, 0) is 33.0 Å². The first-order valence-electron chi connectivity index (χ1n) is 11.5. The van der Waals surface area contributed by atoms with E-state index < -0.39 is 47.5 Å². The van der Waals surface area contributed by atoms with Gasteiger partial charge in [0.2, 0.25) is 0 Å². The third-order valence-corrected chi connectivity index (χ3v) is 5.73. The number of amides is 1. The lowest BCUT2D eigenvalue weighted by atomic mass is 10.0. The van der Waals surface area contributed by atoms with E-state index in [0.29, 0.717) is 24.2 Å². The average Bonchev–Trinajstić information content (AvgIpc) is 2.83. The van der Waals surface area contributed by atoms with Gasteiger partial charge in [0, 0.05) is 20.6 Å². The second-order valence-electron chi connectivity index (χ2n) is 8.74. The van der Waals surface area contributed by atoms with Crippen molar-refractivity contribution in [2.75, 3.05) is 40.4 Å². The summed E-state index contributed by atoms with van der Waals surface area (Å²) in [6.45, 7) is 0.454. The number of hydrogen-bond acceptors (Lipinski definition) is 4. The molecular weight excluding hydrogens is 521 g/mol. The predicted octanol–water partition coefficient (Wildman–Crippen LogP) is 4.91. The number of carbonyl (C=O) groups excluding carboxylic acids is 1. The molecule has 0 aliphatic carbocycles. The van der Waals surface area contributed by atoms with E-state index in [0.717, 1.165) is 0 Å². The molecule has 1 aliphatic rings. The summed E-state index contributed by atoms with van der Waals surface area (Å²) < 4.78 is 104. The van der Waals surface area contributed by atoms with Crippen LogP contribution < -0.4 is 0 Å². The van der Waals surface area contributed by atoms with Gasteiger partial charge in [-0.2, -0.15) is 26.3 Å². The molecule has 12 heteroatoms. The molecule has 3 rings (SSSR count). The smallest absolute Gasteiger partial charge is 0.350 e. The first kappa shape index (κ1) is 29.4. The fourth-order valence-corrected chi connectivity index (χ4v) is 3.82. The van der Waals surface area contributed by atoms with E-state index in [1.165, 1.54) is 29.2 Å². The van der Waals surface area contributed by atoms with Crippen molar-refractivity contribution in [3.05, 3.63) is 70.5 Å². The quantitative estimate of drug-likeness (QED) is 0.382. The number of nitrogens with zero attached hydrogens (tertiary/aromatic N) is 2. The number of ether oxygens (including phenoxy) is 2. The topological polar surface area (TPSA) is 42.0 Å². The van der Waals surface area contributed by atoms with Crippen LogP contribution in [0.1, 0.15) is 28.3 Å². The lowest BCUT2D eigenvalue weighted by molar-refractivity contribution is -0.208. The van der Waals surface area contributed by atoms with Gasteiger partial charge in [0.25, 0.3) is 5.91 Å². The van der Waals surface area contributed by atoms with Gasteiger partial charge >= 0.3 is 12.4 Å². The lowest BCUT2D eigenvalue weighted by Crippen LogP contribution is -2.46. The van der Waals surface area contributed by atoms with Crippen molar-refractivity contribution < 1.29 is 45.0 Å². The number of rotatable bonds is 6. The number of alkyl halides is 6. The maximum atomic E-state index is 13.5. The molecule has 0 aromatic heterocycles. The largest absolute Gasteiger partial charge is 0.416 e. The summed E-state index contributed by atoms with van der Waals surface area (Å²) in [7, 11) is 3.11. The van der Waals surface area contributed by atoms with Crippen molar-refractivity contribution in [3.63, 3.8) is 0 Å². The van der Waals surface area contributed by atoms with Gasteiger partial charge in [-0.05, 0) is 53.8 Å². The highest BCUT2D eigenvalue weighted by Gasteiger charge is 2.37. The number of benzene rings is 2. The van der Waals surface area contributed by atoms with Gasteiger partial charge in [-0.25, -0.2) is 4.39 Å². The first-order chi connectivity index (χ1) is 17.8. The van der Waals surface area contributed by atoms with Crippen molar-refractivity contribution in [2.24, 2.45) is 0 Å². The minimum atomic E-state index is -4.95. The molecule has 0 spiro atoms. The number of carbonyl (C=O) groups is 1. The van der Waals surface area contributed by atoms with Gasteiger partial charge < -0.3 is 14.4 Å². The number of hydrogen-bond donors (Lipinski definition) is 0.